The first kappa shape index (κ1) is 8.97. The first-order chi connectivity index (χ1) is 5.52. The van der Waals surface area contributed by atoms with Crippen LogP contribution in [0.2, 0.25) is 0 Å². The Morgan fingerprint density at radius 1 is 1.58 bits per heavy atom. The molecule has 0 aliphatic heterocycles. The Labute approximate surface area is 72.4 Å². The topological polar surface area (TPSA) is 34.9 Å². The number of carbonyl (C=O) groups is 1. The molecule has 0 aliphatic carbocycles. The maximum Gasteiger partial charge on any atom is 0.183 e. The number of ketones is 1. The van der Waals surface area contributed by atoms with Gasteiger partial charge in [-0.25, -0.2) is 0 Å². The Morgan fingerprint density at radius 2 is 2.17 bits per heavy atom. The summed E-state index contributed by atoms with van der Waals surface area (Å²) in [6.07, 6.45) is 0. The van der Waals surface area contributed by atoms with Crippen LogP contribution in [-0.4, -0.2) is 15.6 Å². The number of nitrogens with zero attached hydrogens (tertiary/aromatic N) is 2. The molecule has 3 heteroatoms. The molecule has 1 rings (SSSR count). The summed E-state index contributed by atoms with van der Waals surface area (Å²) in [6, 6.07) is 1.82. The van der Waals surface area contributed by atoms with E-state index in [4.69, 9.17) is 0 Å². The molecule has 0 fully saturated rings. The lowest BCUT2D eigenvalue weighted by Gasteiger charge is -2.02. The Hall–Kier alpha value is -1.12. The third-order valence-corrected chi connectivity index (χ3v) is 1.78. The fraction of sp³-hybridized carbons (Fsp3) is 0.556. The van der Waals surface area contributed by atoms with Gasteiger partial charge in [-0.3, -0.25) is 9.48 Å². The molecule has 0 radical (unpaired) electrons. The van der Waals surface area contributed by atoms with E-state index in [0.717, 1.165) is 5.69 Å². The molecule has 0 N–H and O–H groups in total. The summed E-state index contributed by atoms with van der Waals surface area (Å²) in [5.74, 6) is 0.193. The molecule has 1 aromatic rings. The van der Waals surface area contributed by atoms with Crippen molar-refractivity contribution in [2.45, 2.75) is 20.8 Å². The first-order valence-corrected chi connectivity index (χ1v) is 4.07. The largest absolute Gasteiger partial charge is 0.292 e. The maximum absolute atomic E-state index is 11.5. The van der Waals surface area contributed by atoms with E-state index in [9.17, 15) is 4.79 Å². The van der Waals surface area contributed by atoms with Crippen LogP contribution < -0.4 is 0 Å². The van der Waals surface area contributed by atoms with E-state index in [-0.39, 0.29) is 11.7 Å². The molecule has 1 aromatic heterocycles. The zero-order valence-electron chi connectivity index (χ0n) is 7.96. The van der Waals surface area contributed by atoms with Gasteiger partial charge in [0, 0.05) is 13.0 Å². The number of aromatic nitrogens is 2. The van der Waals surface area contributed by atoms with Crippen LogP contribution in [0.15, 0.2) is 6.07 Å². The zero-order chi connectivity index (χ0) is 9.30. The Kier molecular flexibility index (Phi) is 2.31. The zero-order valence-corrected chi connectivity index (χ0v) is 7.96. The normalized spacial score (nSPS) is 10.8. The van der Waals surface area contributed by atoms with E-state index in [1.807, 2.05) is 26.8 Å². The van der Waals surface area contributed by atoms with Gasteiger partial charge in [0.25, 0.3) is 0 Å². The average Bonchev–Trinajstić information content (AvgIpc) is 2.28. The van der Waals surface area contributed by atoms with E-state index in [0.29, 0.717) is 5.69 Å². The standard InChI is InChI=1S/C9H14N2O/c1-6(2)9(12)8-5-7(3)10-11(8)4/h5-6H,1-4H3. The summed E-state index contributed by atoms with van der Waals surface area (Å²) in [5.41, 5.74) is 1.59. The van der Waals surface area contributed by atoms with Crippen molar-refractivity contribution >= 4 is 5.78 Å². The average molecular weight is 166 g/mol. The van der Waals surface area contributed by atoms with Gasteiger partial charge >= 0.3 is 0 Å². The van der Waals surface area contributed by atoms with E-state index in [2.05, 4.69) is 5.10 Å². The number of hydrogen-bond acceptors (Lipinski definition) is 2. The van der Waals surface area contributed by atoms with Crippen LogP contribution in [0.1, 0.15) is 30.0 Å². The Bertz CT molecular complexity index is 299. The molecular formula is C9H14N2O. The third-order valence-electron chi connectivity index (χ3n) is 1.78. The van der Waals surface area contributed by atoms with E-state index >= 15 is 0 Å². The fourth-order valence-corrected chi connectivity index (χ4v) is 1.14. The highest BCUT2D eigenvalue weighted by molar-refractivity contribution is 5.95. The van der Waals surface area contributed by atoms with Crippen molar-refractivity contribution in [3.8, 4) is 0 Å². The van der Waals surface area contributed by atoms with Crippen molar-refractivity contribution in [2.24, 2.45) is 13.0 Å². The van der Waals surface area contributed by atoms with Gasteiger partial charge in [-0.05, 0) is 13.0 Å². The Morgan fingerprint density at radius 3 is 2.50 bits per heavy atom. The monoisotopic (exact) mass is 166 g/mol. The van der Waals surface area contributed by atoms with Crippen LogP contribution in [0.5, 0.6) is 0 Å². The molecule has 0 unspecified atom stereocenters. The van der Waals surface area contributed by atoms with Crippen molar-refractivity contribution in [3.05, 3.63) is 17.5 Å². The Balaban J connectivity index is 3.02. The molecule has 0 bridgehead atoms. The third kappa shape index (κ3) is 1.55. The lowest BCUT2D eigenvalue weighted by molar-refractivity contribution is 0.0930. The minimum atomic E-state index is 0.0415. The van der Waals surface area contributed by atoms with Crippen molar-refractivity contribution in [2.75, 3.05) is 0 Å². The van der Waals surface area contributed by atoms with Gasteiger partial charge in [0.1, 0.15) is 5.69 Å². The number of hydrogen-bond donors (Lipinski definition) is 0. The summed E-state index contributed by atoms with van der Waals surface area (Å²) in [6.45, 7) is 5.67. The molecule has 0 aliphatic rings. The second-order valence-corrected chi connectivity index (χ2v) is 3.31. The van der Waals surface area contributed by atoms with Crippen LogP contribution >= 0.6 is 0 Å². The molecule has 66 valence electrons. The van der Waals surface area contributed by atoms with Gasteiger partial charge in [0.05, 0.1) is 5.69 Å². The molecule has 0 atom stereocenters. The number of Topliss-reactive ketones (excluding diaryl/α,β-unsaturated/α-hetero) is 1. The van der Waals surface area contributed by atoms with Gasteiger partial charge in [-0.2, -0.15) is 5.10 Å². The first-order valence-electron chi connectivity index (χ1n) is 4.07. The maximum atomic E-state index is 11.5. The summed E-state index contributed by atoms with van der Waals surface area (Å²) in [4.78, 5) is 11.5. The lowest BCUT2D eigenvalue weighted by atomic mass is 10.1. The molecule has 1 heterocycles. The highest BCUT2D eigenvalue weighted by Gasteiger charge is 2.14. The molecule has 0 aromatic carbocycles. The van der Waals surface area contributed by atoms with E-state index in [1.165, 1.54) is 0 Å². The van der Waals surface area contributed by atoms with Crippen molar-refractivity contribution < 1.29 is 4.79 Å². The van der Waals surface area contributed by atoms with Gasteiger partial charge in [0.15, 0.2) is 5.78 Å². The van der Waals surface area contributed by atoms with Crippen molar-refractivity contribution in [1.82, 2.24) is 9.78 Å². The van der Waals surface area contributed by atoms with Crippen molar-refractivity contribution in [1.29, 1.82) is 0 Å². The number of carbonyl (C=O) groups excluding carboxylic acids is 1. The summed E-state index contributed by atoms with van der Waals surface area (Å²) < 4.78 is 1.64. The predicted molar refractivity (Wildman–Crippen MR) is 47.1 cm³/mol. The molecular weight excluding hydrogens is 152 g/mol. The minimum absolute atomic E-state index is 0.0415. The second kappa shape index (κ2) is 3.09. The summed E-state index contributed by atoms with van der Waals surface area (Å²) in [7, 11) is 1.79. The van der Waals surface area contributed by atoms with Crippen LogP contribution in [0.25, 0.3) is 0 Å². The van der Waals surface area contributed by atoms with Gasteiger partial charge in [0.2, 0.25) is 0 Å². The number of aryl methyl sites for hydroxylation is 2. The van der Waals surface area contributed by atoms with Crippen LogP contribution in [0, 0.1) is 12.8 Å². The smallest absolute Gasteiger partial charge is 0.183 e. The molecule has 0 saturated heterocycles. The lowest BCUT2D eigenvalue weighted by Crippen LogP contribution is -2.12. The summed E-state index contributed by atoms with van der Waals surface area (Å²) >= 11 is 0. The number of rotatable bonds is 2. The second-order valence-electron chi connectivity index (χ2n) is 3.31. The SMILES string of the molecule is Cc1cc(C(=O)C(C)C)n(C)n1. The molecule has 0 amide bonds. The molecule has 12 heavy (non-hydrogen) atoms. The van der Waals surface area contributed by atoms with Crippen LogP contribution in [0.4, 0.5) is 0 Å². The fourth-order valence-electron chi connectivity index (χ4n) is 1.14. The van der Waals surface area contributed by atoms with E-state index in [1.54, 1.807) is 11.7 Å². The quantitative estimate of drug-likeness (QED) is 0.625. The van der Waals surface area contributed by atoms with Gasteiger partial charge in [-0.15, -0.1) is 0 Å². The molecule has 3 nitrogen and oxygen atoms in total. The van der Waals surface area contributed by atoms with Crippen LogP contribution in [0.3, 0.4) is 0 Å². The highest BCUT2D eigenvalue weighted by atomic mass is 16.1. The van der Waals surface area contributed by atoms with Crippen LogP contribution in [-0.2, 0) is 7.05 Å². The molecule has 0 spiro atoms. The summed E-state index contributed by atoms with van der Waals surface area (Å²) in [5, 5.41) is 4.11. The van der Waals surface area contributed by atoms with E-state index < -0.39 is 0 Å². The van der Waals surface area contributed by atoms with Gasteiger partial charge < -0.3 is 0 Å². The predicted octanol–water partition coefficient (Wildman–Crippen LogP) is 1.57. The highest BCUT2D eigenvalue weighted by Crippen LogP contribution is 2.08. The minimum Gasteiger partial charge on any atom is -0.292 e. The molecule has 0 saturated carbocycles. The van der Waals surface area contributed by atoms with Gasteiger partial charge in [-0.1, -0.05) is 13.8 Å². The van der Waals surface area contributed by atoms with Crippen molar-refractivity contribution in [3.63, 3.8) is 0 Å².